The van der Waals surface area contributed by atoms with Crippen molar-refractivity contribution in [3.8, 4) is 28.7 Å². The Morgan fingerprint density at radius 2 is 1.92 bits per heavy atom. The maximum Gasteiger partial charge on any atom is 0.246 e. The van der Waals surface area contributed by atoms with Gasteiger partial charge in [0, 0.05) is 18.7 Å². The fourth-order valence-electron chi connectivity index (χ4n) is 4.69. The first-order valence-electron chi connectivity index (χ1n) is 11.9. The van der Waals surface area contributed by atoms with Gasteiger partial charge in [0.25, 0.3) is 0 Å². The second-order valence-electron chi connectivity index (χ2n) is 8.64. The highest BCUT2D eigenvalue weighted by molar-refractivity contribution is 6.03. The number of hydrogen-bond acceptors (Lipinski definition) is 6. The van der Waals surface area contributed by atoms with Crippen LogP contribution in [0.25, 0.3) is 22.2 Å². The van der Waals surface area contributed by atoms with E-state index in [1.54, 1.807) is 6.08 Å². The third-order valence-corrected chi connectivity index (χ3v) is 6.38. The highest BCUT2D eigenvalue weighted by Gasteiger charge is 2.32. The van der Waals surface area contributed by atoms with Gasteiger partial charge >= 0.3 is 0 Å². The van der Waals surface area contributed by atoms with Crippen molar-refractivity contribution < 1.29 is 9.53 Å². The Balaban J connectivity index is 1.54. The lowest BCUT2D eigenvalue weighted by Gasteiger charge is -2.17. The first kappa shape index (κ1) is 23.1. The molecule has 2 aromatic carbocycles. The molecule has 0 radical (unpaired) electrons. The van der Waals surface area contributed by atoms with E-state index in [2.05, 4.69) is 16.0 Å². The number of nitrogens with zero attached hydrogens (tertiary/aromatic N) is 5. The number of rotatable bonds is 6. The summed E-state index contributed by atoms with van der Waals surface area (Å²) in [6, 6.07) is 19.4. The average molecular weight is 479 g/mol. The van der Waals surface area contributed by atoms with Gasteiger partial charge in [-0.05, 0) is 48.7 Å². The van der Waals surface area contributed by atoms with E-state index in [0.29, 0.717) is 46.9 Å². The van der Waals surface area contributed by atoms with Crippen LogP contribution >= 0.6 is 0 Å². The minimum atomic E-state index is -0.0927. The van der Waals surface area contributed by atoms with Gasteiger partial charge in [-0.3, -0.25) is 4.79 Å². The number of fused-ring (bicyclic) bond motifs is 1. The first-order chi connectivity index (χ1) is 17.6. The highest BCUT2D eigenvalue weighted by Crippen LogP contribution is 2.40. The normalized spacial score (nSPS) is 15.4. The van der Waals surface area contributed by atoms with Crippen LogP contribution in [0.4, 0.5) is 5.82 Å². The lowest BCUT2D eigenvalue weighted by molar-refractivity contribution is -0.125. The van der Waals surface area contributed by atoms with Crippen molar-refractivity contribution in [1.29, 1.82) is 5.26 Å². The molecule has 4 aromatic rings. The number of aromatic nitrogens is 3. The van der Waals surface area contributed by atoms with Crippen molar-refractivity contribution in [1.82, 2.24) is 19.4 Å². The molecule has 1 amide bonds. The van der Waals surface area contributed by atoms with E-state index in [-0.39, 0.29) is 11.9 Å². The van der Waals surface area contributed by atoms with Crippen LogP contribution in [0.1, 0.15) is 31.5 Å². The Labute approximate surface area is 209 Å². The number of para-hydroxylation sites is 1. The number of allylic oxidation sites excluding steroid dienone is 1. The van der Waals surface area contributed by atoms with Crippen LogP contribution in [0, 0.1) is 11.3 Å². The van der Waals surface area contributed by atoms with Gasteiger partial charge in [0.1, 0.15) is 41.1 Å². The Morgan fingerprint density at radius 3 is 2.64 bits per heavy atom. The number of hydrogen-bond donors (Lipinski definition) is 1. The molecule has 2 aromatic heterocycles. The molecule has 0 spiro atoms. The van der Waals surface area contributed by atoms with E-state index < -0.39 is 0 Å². The summed E-state index contributed by atoms with van der Waals surface area (Å²) in [6.07, 6.45) is 6.42. The lowest BCUT2D eigenvalue weighted by Crippen LogP contribution is -2.27. The molecular formula is C28H26N6O2. The summed E-state index contributed by atoms with van der Waals surface area (Å²) in [5.74, 6) is 1.72. The molecule has 0 aliphatic carbocycles. The van der Waals surface area contributed by atoms with Crippen LogP contribution in [0.3, 0.4) is 0 Å². The Bertz CT molecular complexity index is 1470. The second kappa shape index (κ2) is 9.92. The van der Waals surface area contributed by atoms with Gasteiger partial charge < -0.3 is 19.9 Å². The Morgan fingerprint density at radius 1 is 1.17 bits per heavy atom. The molecule has 1 aliphatic heterocycles. The maximum absolute atomic E-state index is 12.6. The van der Waals surface area contributed by atoms with E-state index in [1.165, 1.54) is 6.33 Å². The van der Waals surface area contributed by atoms with Crippen LogP contribution in [-0.2, 0) is 4.79 Å². The van der Waals surface area contributed by atoms with Crippen molar-refractivity contribution in [2.75, 3.05) is 18.8 Å². The van der Waals surface area contributed by atoms with Gasteiger partial charge in [0.2, 0.25) is 5.91 Å². The molecular weight excluding hydrogens is 452 g/mol. The molecule has 0 unspecified atom stereocenters. The molecule has 1 aliphatic rings. The Hall–Kier alpha value is -4.64. The maximum atomic E-state index is 12.6. The molecule has 36 heavy (non-hydrogen) atoms. The number of likely N-dealkylation sites (tertiary alicyclic amines) is 1. The number of anilines is 1. The van der Waals surface area contributed by atoms with E-state index in [9.17, 15) is 10.1 Å². The first-order valence-corrected chi connectivity index (χ1v) is 11.9. The molecule has 0 bridgehead atoms. The molecule has 1 saturated heterocycles. The van der Waals surface area contributed by atoms with Crippen molar-refractivity contribution in [2.24, 2.45) is 0 Å². The van der Waals surface area contributed by atoms with E-state index in [1.807, 2.05) is 77.1 Å². The van der Waals surface area contributed by atoms with Crippen LogP contribution < -0.4 is 10.5 Å². The van der Waals surface area contributed by atoms with Gasteiger partial charge in [-0.1, -0.05) is 43.3 Å². The molecule has 3 heterocycles. The number of benzene rings is 2. The number of nitrogens with two attached hydrogens (primary N) is 1. The minimum Gasteiger partial charge on any atom is -0.457 e. The van der Waals surface area contributed by atoms with Gasteiger partial charge in [-0.15, -0.1) is 0 Å². The van der Waals surface area contributed by atoms with Gasteiger partial charge in [0.15, 0.2) is 0 Å². The number of nitriles is 1. The lowest BCUT2D eigenvalue weighted by atomic mass is 10.0. The fraction of sp³-hybridized carbons (Fsp3) is 0.214. The molecule has 8 heteroatoms. The quantitative estimate of drug-likeness (QED) is 0.387. The largest absolute Gasteiger partial charge is 0.457 e. The van der Waals surface area contributed by atoms with Gasteiger partial charge in [0.05, 0.1) is 11.4 Å². The molecule has 1 atom stereocenters. The number of nitrogen functional groups attached to an aromatic ring is 1. The average Bonchev–Trinajstić information content (AvgIpc) is 3.52. The summed E-state index contributed by atoms with van der Waals surface area (Å²) in [5.41, 5.74) is 8.88. The van der Waals surface area contributed by atoms with Crippen molar-refractivity contribution in [3.05, 3.63) is 78.8 Å². The molecule has 0 saturated carbocycles. The second-order valence-corrected chi connectivity index (χ2v) is 8.64. The third kappa shape index (κ3) is 4.27. The number of carbonyl (C=O) groups is 1. The molecule has 180 valence electrons. The summed E-state index contributed by atoms with van der Waals surface area (Å²) in [6.45, 7) is 3.11. The van der Waals surface area contributed by atoms with Gasteiger partial charge in [-0.2, -0.15) is 5.26 Å². The number of amides is 1. The van der Waals surface area contributed by atoms with Crippen molar-refractivity contribution >= 4 is 22.8 Å². The van der Waals surface area contributed by atoms with Gasteiger partial charge in [-0.25, -0.2) is 9.97 Å². The number of carbonyl (C=O) groups excluding carboxylic acids is 1. The summed E-state index contributed by atoms with van der Waals surface area (Å²) < 4.78 is 7.85. The monoisotopic (exact) mass is 478 g/mol. The van der Waals surface area contributed by atoms with Crippen LogP contribution in [0.15, 0.2) is 73.1 Å². The highest BCUT2D eigenvalue weighted by atomic mass is 16.5. The van der Waals surface area contributed by atoms with E-state index in [4.69, 9.17) is 10.5 Å². The van der Waals surface area contributed by atoms with Crippen molar-refractivity contribution in [2.45, 2.75) is 25.8 Å². The predicted molar refractivity (Wildman–Crippen MR) is 138 cm³/mol. The molecule has 1 fully saturated rings. The van der Waals surface area contributed by atoms with Crippen LogP contribution in [0.5, 0.6) is 11.5 Å². The predicted octanol–water partition coefficient (Wildman–Crippen LogP) is 5.08. The summed E-state index contributed by atoms with van der Waals surface area (Å²) >= 11 is 0. The van der Waals surface area contributed by atoms with E-state index >= 15 is 0 Å². The zero-order valence-corrected chi connectivity index (χ0v) is 20.0. The number of ether oxygens (including phenoxy) is 1. The molecule has 2 N–H and O–H groups in total. The zero-order chi connectivity index (χ0) is 25.1. The van der Waals surface area contributed by atoms with Crippen LogP contribution in [-0.4, -0.2) is 38.4 Å². The smallest absolute Gasteiger partial charge is 0.246 e. The topological polar surface area (TPSA) is 110 Å². The molecule has 8 nitrogen and oxygen atoms in total. The SMILES string of the molecule is CC/C=C/C(=O)N1CC[C@@H](n2c(C#N)c(-c3ccc(Oc4ccccc4)cc3)c3c(N)ncnc32)C1. The van der Waals surface area contributed by atoms with E-state index in [0.717, 1.165) is 24.2 Å². The summed E-state index contributed by atoms with van der Waals surface area (Å²) in [5, 5.41) is 10.9. The third-order valence-electron chi connectivity index (χ3n) is 6.38. The summed E-state index contributed by atoms with van der Waals surface area (Å²) in [7, 11) is 0. The van der Waals surface area contributed by atoms with Crippen LogP contribution in [0.2, 0.25) is 0 Å². The standard InChI is InChI=1S/C28H26N6O2/c1-2-3-9-24(35)33-15-14-20(17-33)34-23(16-29)25(26-27(30)31-18-32-28(26)34)19-10-12-22(13-11-19)36-21-7-5-4-6-8-21/h3-13,18,20H,2,14-15,17H2,1H3,(H2,30,31,32)/b9-3+/t20-/m1/s1. The molecule has 5 rings (SSSR count). The minimum absolute atomic E-state index is 0.0160. The van der Waals surface area contributed by atoms with Crippen molar-refractivity contribution in [3.63, 3.8) is 0 Å². The summed E-state index contributed by atoms with van der Waals surface area (Å²) in [4.78, 5) is 23.1. The zero-order valence-electron chi connectivity index (χ0n) is 20.0. The fourth-order valence-corrected chi connectivity index (χ4v) is 4.69. The Kier molecular flexibility index (Phi) is 6.37.